The van der Waals surface area contributed by atoms with Crippen molar-refractivity contribution in [2.75, 3.05) is 0 Å². The Morgan fingerprint density at radius 1 is 1.13 bits per heavy atom. The molecule has 0 amide bonds. The van der Waals surface area contributed by atoms with Gasteiger partial charge in [0.15, 0.2) is 0 Å². The lowest BCUT2D eigenvalue weighted by Crippen LogP contribution is -2.92. The van der Waals surface area contributed by atoms with Crippen LogP contribution < -0.4 is 5.32 Å². The molecule has 1 aromatic carbocycles. The Balaban J connectivity index is 0.000000592. The summed E-state index contributed by atoms with van der Waals surface area (Å²) < 4.78 is 0. The molecule has 0 unspecified atom stereocenters. The van der Waals surface area contributed by atoms with Crippen molar-refractivity contribution in [1.29, 1.82) is 0 Å². The maximum atomic E-state index is 10.8. The average molecular weight is 431 g/mol. The third-order valence-corrected chi connectivity index (χ3v) is 6.21. The van der Waals surface area contributed by atoms with Crippen molar-refractivity contribution in [2.45, 2.75) is 112 Å². The van der Waals surface area contributed by atoms with Gasteiger partial charge < -0.3 is 15.5 Å². The number of aryl methyl sites for hydroxylation is 1. The molecule has 0 saturated carbocycles. The number of rotatable bonds is 8. The van der Waals surface area contributed by atoms with E-state index in [-0.39, 0.29) is 23.3 Å². The molecule has 31 heavy (non-hydrogen) atoms. The number of nitrogens with two attached hydrogens (primary N) is 1. The number of hydrogen-bond acceptors (Lipinski definition) is 2. The van der Waals surface area contributed by atoms with Crippen LogP contribution in [0.2, 0.25) is 0 Å². The summed E-state index contributed by atoms with van der Waals surface area (Å²) in [5, 5.41) is 23.8. The fraction of sp³-hybridized carbons (Fsp3) is 0.643. The number of unbranched alkanes of at least 4 members (excludes halogenated alkanes) is 2. The zero-order valence-electron chi connectivity index (χ0n) is 21.4. The Labute approximate surface area is 191 Å². The first-order valence-electron chi connectivity index (χ1n) is 12.2. The average Bonchev–Trinajstić information content (AvgIpc) is 2.65. The van der Waals surface area contributed by atoms with Crippen molar-refractivity contribution in [3.05, 3.63) is 46.6 Å². The highest BCUT2D eigenvalue weighted by molar-refractivity contribution is 5.56. The summed E-state index contributed by atoms with van der Waals surface area (Å²) in [6.07, 6.45) is 8.62. The maximum Gasteiger partial charge on any atom is 0.126 e. The third-order valence-electron chi connectivity index (χ3n) is 6.21. The molecule has 0 saturated heterocycles. The number of phenols is 2. The second-order valence-corrected chi connectivity index (χ2v) is 10.1. The summed E-state index contributed by atoms with van der Waals surface area (Å²) in [5.74, 6) is 0.783. The SMILES string of the molecule is C=C(C)[C@@H]1CCC(C)=C[C@H]1c1c(O)cc(CCCCC)c(C)c1O.CC(C)[NH2+]C(C)C. The molecule has 0 radical (unpaired) electrons. The fourth-order valence-corrected chi connectivity index (χ4v) is 4.66. The van der Waals surface area contributed by atoms with Crippen LogP contribution >= 0.6 is 0 Å². The van der Waals surface area contributed by atoms with Gasteiger partial charge in [0.05, 0.1) is 12.1 Å². The first-order chi connectivity index (χ1) is 14.5. The van der Waals surface area contributed by atoms with Crippen LogP contribution in [0.1, 0.15) is 103 Å². The molecular weight excluding hydrogens is 382 g/mol. The second-order valence-electron chi connectivity index (χ2n) is 10.1. The van der Waals surface area contributed by atoms with Gasteiger partial charge in [-0.3, -0.25) is 0 Å². The highest BCUT2D eigenvalue weighted by atomic mass is 16.3. The van der Waals surface area contributed by atoms with Crippen molar-refractivity contribution in [2.24, 2.45) is 5.92 Å². The van der Waals surface area contributed by atoms with E-state index < -0.39 is 0 Å². The van der Waals surface area contributed by atoms with E-state index in [1.54, 1.807) is 0 Å². The molecule has 0 aliphatic heterocycles. The molecule has 0 bridgehead atoms. The normalized spacial score (nSPS) is 18.6. The molecule has 3 heteroatoms. The standard InChI is InChI=1S/C22H32O2.C6H15N/c1-6-7-8-9-17-13-20(23)21(22(24)16(17)5)19-12-15(4)10-11-18(19)14(2)3;1-5(2)7-6(3)4/h12-13,18-19,23-24H,2,6-11H2,1,3-5H3;5-7H,1-4H3/p+1/t18-,19+;/m0./s1. The molecule has 0 aromatic heterocycles. The van der Waals surface area contributed by atoms with Gasteiger partial charge in [0, 0.05) is 11.5 Å². The van der Waals surface area contributed by atoms with E-state index in [9.17, 15) is 10.2 Å². The topological polar surface area (TPSA) is 57.1 Å². The van der Waals surface area contributed by atoms with Crippen LogP contribution in [0.25, 0.3) is 0 Å². The Kier molecular flexibility index (Phi) is 11.4. The molecule has 1 aliphatic rings. The zero-order chi connectivity index (χ0) is 23.7. The molecule has 0 spiro atoms. The minimum atomic E-state index is 0.0136. The van der Waals surface area contributed by atoms with Crippen LogP contribution in [0.4, 0.5) is 0 Å². The van der Waals surface area contributed by atoms with E-state index in [0.29, 0.717) is 5.56 Å². The fourth-order valence-electron chi connectivity index (χ4n) is 4.66. The predicted octanol–water partition coefficient (Wildman–Crippen LogP) is 6.52. The van der Waals surface area contributed by atoms with Gasteiger partial charge in [0.25, 0.3) is 0 Å². The molecule has 176 valence electrons. The van der Waals surface area contributed by atoms with Crippen molar-refractivity contribution >= 4 is 0 Å². The molecular formula is C28H48NO2+. The Morgan fingerprint density at radius 2 is 1.74 bits per heavy atom. The van der Waals surface area contributed by atoms with Gasteiger partial charge in [0.1, 0.15) is 11.5 Å². The van der Waals surface area contributed by atoms with Crippen LogP contribution in [-0.4, -0.2) is 22.3 Å². The van der Waals surface area contributed by atoms with Crippen molar-refractivity contribution in [1.82, 2.24) is 0 Å². The molecule has 0 fully saturated rings. The van der Waals surface area contributed by atoms with Crippen molar-refractivity contribution in [3.8, 4) is 11.5 Å². The molecule has 2 atom stereocenters. The highest BCUT2D eigenvalue weighted by Gasteiger charge is 2.31. The van der Waals surface area contributed by atoms with Gasteiger partial charge in [-0.15, -0.1) is 0 Å². The van der Waals surface area contributed by atoms with Crippen LogP contribution in [0.5, 0.6) is 11.5 Å². The number of benzene rings is 1. The number of phenolic OH excluding ortho intramolecular Hbond substituents is 2. The lowest BCUT2D eigenvalue weighted by atomic mass is 9.73. The summed E-state index contributed by atoms with van der Waals surface area (Å²) in [6.45, 7) is 21.3. The number of hydrogen-bond donors (Lipinski definition) is 3. The van der Waals surface area contributed by atoms with Crippen LogP contribution in [0.3, 0.4) is 0 Å². The lowest BCUT2D eigenvalue weighted by Gasteiger charge is -2.32. The number of aromatic hydroxyl groups is 2. The van der Waals surface area contributed by atoms with Gasteiger partial charge in [-0.2, -0.15) is 0 Å². The van der Waals surface area contributed by atoms with Crippen molar-refractivity contribution in [3.63, 3.8) is 0 Å². The third kappa shape index (κ3) is 8.37. The van der Waals surface area contributed by atoms with Gasteiger partial charge in [-0.1, -0.05) is 43.6 Å². The van der Waals surface area contributed by atoms with Crippen LogP contribution in [-0.2, 0) is 6.42 Å². The number of allylic oxidation sites excluding steroid dienone is 3. The van der Waals surface area contributed by atoms with E-state index in [4.69, 9.17) is 0 Å². The minimum absolute atomic E-state index is 0.0136. The number of quaternary nitrogens is 1. The van der Waals surface area contributed by atoms with Gasteiger partial charge in [-0.25, -0.2) is 0 Å². The van der Waals surface area contributed by atoms with Gasteiger partial charge in [-0.05, 0) is 97.3 Å². The molecule has 2 rings (SSSR count). The maximum absolute atomic E-state index is 10.8. The second kappa shape index (κ2) is 13.0. The van der Waals surface area contributed by atoms with Gasteiger partial charge >= 0.3 is 0 Å². The minimum Gasteiger partial charge on any atom is -0.507 e. The van der Waals surface area contributed by atoms with Crippen molar-refractivity contribution < 1.29 is 15.5 Å². The molecule has 3 nitrogen and oxygen atoms in total. The Bertz CT molecular complexity index is 740. The highest BCUT2D eigenvalue weighted by Crippen LogP contribution is 2.47. The summed E-state index contributed by atoms with van der Waals surface area (Å²) in [6, 6.07) is 3.37. The van der Waals surface area contributed by atoms with E-state index in [0.717, 1.165) is 54.5 Å². The largest absolute Gasteiger partial charge is 0.507 e. The summed E-state index contributed by atoms with van der Waals surface area (Å²) in [7, 11) is 0. The first kappa shape index (κ1) is 27.3. The van der Waals surface area contributed by atoms with Crippen LogP contribution in [0, 0.1) is 12.8 Å². The lowest BCUT2D eigenvalue weighted by molar-refractivity contribution is -0.709. The molecule has 1 aliphatic carbocycles. The zero-order valence-corrected chi connectivity index (χ0v) is 21.4. The van der Waals surface area contributed by atoms with Gasteiger partial charge in [0.2, 0.25) is 0 Å². The molecule has 4 N–H and O–H groups in total. The molecule has 1 aromatic rings. The van der Waals surface area contributed by atoms with Crippen LogP contribution in [0.15, 0.2) is 29.9 Å². The van der Waals surface area contributed by atoms with E-state index >= 15 is 0 Å². The quantitative estimate of drug-likeness (QED) is 0.325. The monoisotopic (exact) mass is 430 g/mol. The van der Waals surface area contributed by atoms with E-state index in [1.807, 2.05) is 19.9 Å². The summed E-state index contributed by atoms with van der Waals surface area (Å²) >= 11 is 0. The van der Waals surface area contributed by atoms with E-state index in [1.165, 1.54) is 18.4 Å². The first-order valence-corrected chi connectivity index (χ1v) is 12.2. The Hall–Kier alpha value is -1.74. The van der Waals surface area contributed by atoms with E-state index in [2.05, 4.69) is 59.5 Å². The summed E-state index contributed by atoms with van der Waals surface area (Å²) in [5.41, 5.74) is 5.09. The summed E-state index contributed by atoms with van der Waals surface area (Å²) in [4.78, 5) is 0. The predicted molar refractivity (Wildman–Crippen MR) is 134 cm³/mol. The molecule has 0 heterocycles. The smallest absolute Gasteiger partial charge is 0.126 e. The Morgan fingerprint density at radius 3 is 2.23 bits per heavy atom.